The molecule has 0 unspecified atom stereocenters. The fourth-order valence-corrected chi connectivity index (χ4v) is 3.00. The van der Waals surface area contributed by atoms with Gasteiger partial charge in [-0.1, -0.05) is 12.5 Å². The molecule has 0 bridgehead atoms. The van der Waals surface area contributed by atoms with E-state index in [1.54, 1.807) is 12.1 Å². The molecule has 0 radical (unpaired) electrons. The van der Waals surface area contributed by atoms with E-state index in [4.69, 9.17) is 5.73 Å². The van der Waals surface area contributed by atoms with E-state index in [1.807, 2.05) is 6.92 Å². The van der Waals surface area contributed by atoms with Crippen molar-refractivity contribution in [2.45, 2.75) is 31.1 Å². The Hall–Kier alpha value is -1.40. The summed E-state index contributed by atoms with van der Waals surface area (Å²) in [7, 11) is -3.29. The van der Waals surface area contributed by atoms with Gasteiger partial charge in [0.15, 0.2) is 9.84 Å². The van der Waals surface area contributed by atoms with Crippen LogP contribution in [0.25, 0.3) is 0 Å². The molecule has 1 amide bonds. The number of amides is 1. The van der Waals surface area contributed by atoms with Crippen LogP contribution in [0.4, 0.5) is 5.69 Å². The lowest BCUT2D eigenvalue weighted by atomic mass is 9.68. The number of carbonyl (C=O) groups excluding carboxylic acids is 1. The molecular weight excluding hydrogens is 276 g/mol. The number of nitrogens with one attached hydrogen (secondary N) is 1. The van der Waals surface area contributed by atoms with Crippen molar-refractivity contribution < 1.29 is 13.2 Å². The Kier molecular flexibility index (Phi) is 3.88. The Balaban J connectivity index is 2.27. The van der Waals surface area contributed by atoms with Crippen molar-refractivity contribution in [2.75, 3.05) is 18.1 Å². The first-order valence-electron chi connectivity index (χ1n) is 6.61. The Morgan fingerprint density at radius 1 is 1.40 bits per heavy atom. The van der Waals surface area contributed by atoms with Gasteiger partial charge in [-0.15, -0.1) is 0 Å². The maximum atomic E-state index is 12.3. The van der Waals surface area contributed by atoms with Crippen LogP contribution < -0.4 is 11.1 Å². The number of hydrogen-bond acceptors (Lipinski definition) is 4. The molecule has 1 aromatic rings. The second kappa shape index (κ2) is 5.18. The van der Waals surface area contributed by atoms with E-state index in [1.165, 1.54) is 6.07 Å². The Morgan fingerprint density at radius 2 is 2.05 bits per heavy atom. The SMILES string of the molecule is Cc1ccc(S(C)(=O)=O)cc1NC(=O)C1(CN)CCC1. The molecule has 1 fully saturated rings. The molecule has 1 aromatic carbocycles. The number of benzene rings is 1. The number of sulfone groups is 1. The predicted octanol–water partition coefficient (Wildman–Crippen LogP) is 1.47. The van der Waals surface area contributed by atoms with Crippen molar-refractivity contribution in [3.8, 4) is 0 Å². The lowest BCUT2D eigenvalue weighted by Gasteiger charge is -2.39. The average Bonchev–Trinajstić information content (AvgIpc) is 2.29. The van der Waals surface area contributed by atoms with Gasteiger partial charge >= 0.3 is 0 Å². The first-order valence-corrected chi connectivity index (χ1v) is 8.50. The fourth-order valence-electron chi connectivity index (χ4n) is 2.35. The minimum atomic E-state index is -3.29. The van der Waals surface area contributed by atoms with Crippen LogP contribution in [-0.4, -0.2) is 27.1 Å². The third kappa shape index (κ3) is 2.71. The zero-order valence-corrected chi connectivity index (χ0v) is 12.6. The van der Waals surface area contributed by atoms with Crippen LogP contribution in [0.3, 0.4) is 0 Å². The highest BCUT2D eigenvalue weighted by molar-refractivity contribution is 7.90. The van der Waals surface area contributed by atoms with Gasteiger partial charge in [-0.3, -0.25) is 4.79 Å². The van der Waals surface area contributed by atoms with Crippen LogP contribution in [0.5, 0.6) is 0 Å². The third-order valence-electron chi connectivity index (χ3n) is 4.07. The van der Waals surface area contributed by atoms with Gasteiger partial charge in [0.05, 0.1) is 10.3 Å². The molecule has 2 rings (SSSR count). The number of carbonyl (C=O) groups is 1. The van der Waals surface area contributed by atoms with E-state index >= 15 is 0 Å². The van der Waals surface area contributed by atoms with Gasteiger partial charge in [-0.25, -0.2) is 8.42 Å². The van der Waals surface area contributed by atoms with E-state index in [9.17, 15) is 13.2 Å². The quantitative estimate of drug-likeness (QED) is 0.880. The minimum absolute atomic E-state index is 0.111. The topological polar surface area (TPSA) is 89.3 Å². The Morgan fingerprint density at radius 3 is 2.50 bits per heavy atom. The molecule has 0 heterocycles. The first kappa shape index (κ1) is 15.0. The molecule has 3 N–H and O–H groups in total. The van der Waals surface area contributed by atoms with Crippen molar-refractivity contribution in [3.63, 3.8) is 0 Å². The van der Waals surface area contributed by atoms with E-state index in [0.29, 0.717) is 12.2 Å². The van der Waals surface area contributed by atoms with Crippen LogP contribution in [0.2, 0.25) is 0 Å². The molecule has 1 saturated carbocycles. The van der Waals surface area contributed by atoms with Crippen LogP contribution >= 0.6 is 0 Å². The number of hydrogen-bond donors (Lipinski definition) is 2. The fraction of sp³-hybridized carbons (Fsp3) is 0.500. The molecule has 0 saturated heterocycles. The van der Waals surface area contributed by atoms with E-state index < -0.39 is 15.3 Å². The molecule has 20 heavy (non-hydrogen) atoms. The molecule has 5 nitrogen and oxygen atoms in total. The van der Waals surface area contributed by atoms with Gasteiger partial charge in [0, 0.05) is 18.5 Å². The number of rotatable bonds is 4. The van der Waals surface area contributed by atoms with Gasteiger partial charge in [0.2, 0.25) is 5.91 Å². The van der Waals surface area contributed by atoms with Gasteiger partial charge < -0.3 is 11.1 Å². The van der Waals surface area contributed by atoms with Crippen LogP contribution in [0.15, 0.2) is 23.1 Å². The summed E-state index contributed by atoms with van der Waals surface area (Å²) in [5.41, 5.74) is 6.60. The second-order valence-corrected chi connectivity index (χ2v) is 7.56. The Bertz CT molecular complexity index is 628. The lowest BCUT2D eigenvalue weighted by molar-refractivity contribution is -0.129. The van der Waals surface area contributed by atoms with Crippen molar-refractivity contribution >= 4 is 21.4 Å². The summed E-state index contributed by atoms with van der Waals surface area (Å²) >= 11 is 0. The highest BCUT2D eigenvalue weighted by Gasteiger charge is 2.42. The summed E-state index contributed by atoms with van der Waals surface area (Å²) in [5.74, 6) is -0.111. The van der Waals surface area contributed by atoms with Gasteiger partial charge in [-0.2, -0.15) is 0 Å². The number of aryl methyl sites for hydroxylation is 1. The highest BCUT2D eigenvalue weighted by Crippen LogP contribution is 2.41. The molecule has 0 atom stereocenters. The van der Waals surface area contributed by atoms with Crippen LogP contribution in [0, 0.1) is 12.3 Å². The number of anilines is 1. The maximum Gasteiger partial charge on any atom is 0.231 e. The normalized spacial score (nSPS) is 17.4. The average molecular weight is 296 g/mol. The third-order valence-corrected chi connectivity index (χ3v) is 5.18. The molecule has 0 aliphatic heterocycles. The van der Waals surface area contributed by atoms with E-state index in [-0.39, 0.29) is 10.8 Å². The van der Waals surface area contributed by atoms with Gasteiger partial charge in [-0.05, 0) is 37.5 Å². The summed E-state index contributed by atoms with van der Waals surface area (Å²) in [6, 6.07) is 4.75. The lowest BCUT2D eigenvalue weighted by Crippen LogP contribution is -2.47. The van der Waals surface area contributed by atoms with E-state index in [0.717, 1.165) is 31.1 Å². The summed E-state index contributed by atoms with van der Waals surface area (Å²) in [5, 5.41) is 2.83. The minimum Gasteiger partial charge on any atom is -0.329 e. The second-order valence-electron chi connectivity index (χ2n) is 5.54. The molecule has 0 aromatic heterocycles. The van der Waals surface area contributed by atoms with Gasteiger partial charge in [0.25, 0.3) is 0 Å². The molecule has 110 valence electrons. The monoisotopic (exact) mass is 296 g/mol. The van der Waals surface area contributed by atoms with Crippen molar-refractivity contribution in [3.05, 3.63) is 23.8 Å². The Labute approximate surface area is 119 Å². The van der Waals surface area contributed by atoms with Crippen LogP contribution in [-0.2, 0) is 14.6 Å². The zero-order valence-electron chi connectivity index (χ0n) is 11.8. The first-order chi connectivity index (χ1) is 9.28. The van der Waals surface area contributed by atoms with Gasteiger partial charge in [0.1, 0.15) is 0 Å². The molecular formula is C14H20N2O3S. The highest BCUT2D eigenvalue weighted by atomic mass is 32.2. The van der Waals surface area contributed by atoms with Crippen molar-refractivity contribution in [1.82, 2.24) is 0 Å². The number of nitrogens with two attached hydrogens (primary N) is 1. The predicted molar refractivity (Wildman–Crippen MR) is 78.3 cm³/mol. The smallest absolute Gasteiger partial charge is 0.231 e. The molecule has 6 heteroatoms. The largest absolute Gasteiger partial charge is 0.329 e. The summed E-state index contributed by atoms with van der Waals surface area (Å²) in [4.78, 5) is 12.5. The van der Waals surface area contributed by atoms with Crippen molar-refractivity contribution in [1.29, 1.82) is 0 Å². The summed E-state index contributed by atoms with van der Waals surface area (Å²) in [6.45, 7) is 2.15. The zero-order chi connectivity index (χ0) is 15.0. The molecule has 1 aliphatic carbocycles. The standard InChI is InChI=1S/C14H20N2O3S/c1-10-4-5-11(20(2,18)19)8-12(10)16-13(17)14(9-15)6-3-7-14/h4-5,8H,3,6-7,9,15H2,1-2H3,(H,16,17). The van der Waals surface area contributed by atoms with Crippen molar-refractivity contribution in [2.24, 2.45) is 11.1 Å². The summed E-state index contributed by atoms with van der Waals surface area (Å²) < 4.78 is 23.1. The van der Waals surface area contributed by atoms with Crippen LogP contribution in [0.1, 0.15) is 24.8 Å². The molecule has 1 aliphatic rings. The molecule has 0 spiro atoms. The van der Waals surface area contributed by atoms with E-state index in [2.05, 4.69) is 5.32 Å². The maximum absolute atomic E-state index is 12.3. The summed E-state index contributed by atoms with van der Waals surface area (Å²) in [6.07, 6.45) is 3.74.